The Labute approximate surface area is 183 Å². The van der Waals surface area contributed by atoms with Gasteiger partial charge in [-0.25, -0.2) is 4.79 Å². The Morgan fingerprint density at radius 2 is 1.48 bits per heavy atom. The van der Waals surface area contributed by atoms with Crippen LogP contribution in [0.1, 0.15) is 47.1 Å². The number of hydrogen-bond acceptors (Lipinski definition) is 7. The van der Waals surface area contributed by atoms with Crippen molar-refractivity contribution >= 4 is 18.0 Å². The van der Waals surface area contributed by atoms with Crippen LogP contribution in [0.4, 0.5) is 4.79 Å². The van der Waals surface area contributed by atoms with Crippen molar-refractivity contribution in [1.29, 1.82) is 0 Å². The zero-order chi connectivity index (χ0) is 23.4. The fourth-order valence-electron chi connectivity index (χ4n) is 3.33. The van der Waals surface area contributed by atoms with Gasteiger partial charge in [0, 0.05) is 13.7 Å². The van der Waals surface area contributed by atoms with Gasteiger partial charge < -0.3 is 18.9 Å². The predicted molar refractivity (Wildman–Crippen MR) is 113 cm³/mol. The Balaban J connectivity index is 2.25. The molecule has 0 bridgehead atoms. The number of nitrogens with zero attached hydrogens (tertiary/aromatic N) is 1. The molecular weight excluding hydrogens is 402 g/mol. The molecule has 0 N–H and O–H groups in total. The van der Waals surface area contributed by atoms with Crippen LogP contribution in [0.25, 0.3) is 0 Å². The number of likely N-dealkylation sites (tertiary alicyclic amines) is 1. The van der Waals surface area contributed by atoms with Gasteiger partial charge in [-0.3, -0.25) is 14.5 Å². The van der Waals surface area contributed by atoms with Gasteiger partial charge in [-0.05, 0) is 47.1 Å². The zero-order valence-electron chi connectivity index (χ0n) is 19.3. The molecule has 1 aliphatic rings. The molecule has 1 fully saturated rings. The third kappa shape index (κ3) is 6.95. The highest BCUT2D eigenvalue weighted by molar-refractivity contribution is 5.85. The summed E-state index contributed by atoms with van der Waals surface area (Å²) in [5.74, 6) is -3.20. The fraction of sp³-hybridized carbons (Fsp3) is 0.609. The van der Waals surface area contributed by atoms with E-state index in [9.17, 15) is 14.4 Å². The average molecular weight is 436 g/mol. The van der Waals surface area contributed by atoms with E-state index in [2.05, 4.69) is 0 Å². The summed E-state index contributed by atoms with van der Waals surface area (Å²) in [6.45, 7) is 10.4. The van der Waals surface area contributed by atoms with Crippen molar-refractivity contribution < 1.29 is 33.3 Å². The molecule has 8 nitrogen and oxygen atoms in total. The van der Waals surface area contributed by atoms with Crippen molar-refractivity contribution in [3.8, 4) is 0 Å². The van der Waals surface area contributed by atoms with E-state index in [4.69, 9.17) is 18.9 Å². The molecule has 31 heavy (non-hydrogen) atoms. The van der Waals surface area contributed by atoms with Gasteiger partial charge in [-0.2, -0.15) is 0 Å². The molecule has 0 aromatic heterocycles. The van der Waals surface area contributed by atoms with Crippen molar-refractivity contribution in [3.05, 3.63) is 35.9 Å². The molecule has 1 saturated heterocycles. The number of carbonyl (C=O) groups excluding carboxylic acids is 3. The molecule has 8 heteroatoms. The van der Waals surface area contributed by atoms with Crippen molar-refractivity contribution in [3.63, 3.8) is 0 Å². The van der Waals surface area contributed by atoms with Crippen LogP contribution in [0.5, 0.6) is 0 Å². The molecular formula is C23H33NO7. The number of carbonyl (C=O) groups is 3. The van der Waals surface area contributed by atoms with E-state index >= 15 is 0 Å². The highest BCUT2D eigenvalue weighted by Crippen LogP contribution is 2.35. The predicted octanol–water partition coefficient (Wildman–Crippen LogP) is 3.53. The van der Waals surface area contributed by atoms with Crippen LogP contribution >= 0.6 is 0 Å². The summed E-state index contributed by atoms with van der Waals surface area (Å²) in [7, 11) is 1.37. The molecule has 0 spiro atoms. The SMILES string of the molecule is CO[C@@H]1[C@H](C(=O)OC(C)(C)C)C(C(=O)OC(C)(C)C)CN1C(=O)OCc1ccccc1. The minimum atomic E-state index is -1.04. The Morgan fingerprint density at radius 1 is 0.935 bits per heavy atom. The van der Waals surface area contributed by atoms with Gasteiger partial charge in [0.2, 0.25) is 0 Å². The van der Waals surface area contributed by atoms with E-state index < -0.39 is 47.3 Å². The van der Waals surface area contributed by atoms with E-state index in [0.29, 0.717) is 0 Å². The number of methoxy groups -OCH3 is 1. The second kappa shape index (κ2) is 9.68. The first kappa shape index (κ1) is 24.7. The van der Waals surface area contributed by atoms with Crippen LogP contribution in [-0.4, -0.2) is 54.0 Å². The molecule has 0 aliphatic carbocycles. The molecule has 1 aromatic rings. The first-order valence-electron chi connectivity index (χ1n) is 10.3. The second-order valence-electron chi connectivity index (χ2n) is 9.52. The van der Waals surface area contributed by atoms with Crippen molar-refractivity contribution in [1.82, 2.24) is 4.90 Å². The summed E-state index contributed by atoms with van der Waals surface area (Å²) in [6, 6.07) is 9.21. The van der Waals surface area contributed by atoms with Gasteiger partial charge in [-0.1, -0.05) is 30.3 Å². The number of esters is 2. The minimum Gasteiger partial charge on any atom is -0.460 e. The van der Waals surface area contributed by atoms with Gasteiger partial charge in [0.05, 0.1) is 5.92 Å². The summed E-state index contributed by atoms with van der Waals surface area (Å²) >= 11 is 0. The molecule has 1 aliphatic heterocycles. The maximum absolute atomic E-state index is 13.0. The molecule has 172 valence electrons. The number of rotatable bonds is 5. The lowest BCUT2D eigenvalue weighted by Gasteiger charge is -2.29. The van der Waals surface area contributed by atoms with Gasteiger partial charge in [-0.15, -0.1) is 0 Å². The maximum atomic E-state index is 13.0. The van der Waals surface area contributed by atoms with Crippen LogP contribution in [0, 0.1) is 11.8 Å². The molecule has 0 saturated carbocycles. The smallest absolute Gasteiger partial charge is 0.412 e. The molecule has 1 unspecified atom stereocenters. The Bertz CT molecular complexity index is 779. The van der Waals surface area contributed by atoms with E-state index in [0.717, 1.165) is 5.56 Å². The Kier molecular flexibility index (Phi) is 7.70. The van der Waals surface area contributed by atoms with Gasteiger partial charge in [0.25, 0.3) is 0 Å². The second-order valence-corrected chi connectivity index (χ2v) is 9.52. The molecule has 1 aromatic carbocycles. The maximum Gasteiger partial charge on any atom is 0.412 e. The first-order valence-corrected chi connectivity index (χ1v) is 10.3. The molecule has 3 atom stereocenters. The lowest BCUT2D eigenvalue weighted by molar-refractivity contribution is -0.175. The highest BCUT2D eigenvalue weighted by Gasteiger charge is 2.54. The van der Waals surface area contributed by atoms with Crippen molar-refractivity contribution in [2.75, 3.05) is 13.7 Å². The molecule has 0 radical (unpaired) electrons. The van der Waals surface area contributed by atoms with Crippen LogP contribution in [0.2, 0.25) is 0 Å². The largest absolute Gasteiger partial charge is 0.460 e. The van der Waals surface area contributed by atoms with E-state index in [-0.39, 0.29) is 13.2 Å². The molecule has 2 rings (SSSR count). The van der Waals surface area contributed by atoms with Crippen LogP contribution in [0.3, 0.4) is 0 Å². The van der Waals surface area contributed by atoms with E-state index in [1.54, 1.807) is 41.5 Å². The number of hydrogen-bond donors (Lipinski definition) is 0. The number of ether oxygens (including phenoxy) is 4. The monoisotopic (exact) mass is 435 g/mol. The van der Waals surface area contributed by atoms with Gasteiger partial charge in [0.15, 0.2) is 0 Å². The van der Waals surface area contributed by atoms with Crippen LogP contribution in [0.15, 0.2) is 30.3 Å². The highest BCUT2D eigenvalue weighted by atomic mass is 16.6. The summed E-state index contributed by atoms with van der Waals surface area (Å²) in [5.41, 5.74) is -0.703. The standard InChI is InChI=1S/C23H33NO7/c1-22(2,3)30-19(25)16-13-24(21(27)29-14-15-11-9-8-10-12-15)18(28-7)17(16)20(26)31-23(4,5)6/h8-12,16-18H,13-14H2,1-7H3/t16?,17-,18-/m1/s1. The summed E-state index contributed by atoms with van der Waals surface area (Å²) in [6.07, 6.45) is -1.70. The zero-order valence-corrected chi connectivity index (χ0v) is 19.3. The van der Waals surface area contributed by atoms with Crippen LogP contribution < -0.4 is 0 Å². The Morgan fingerprint density at radius 3 is 2.00 bits per heavy atom. The third-order valence-corrected chi connectivity index (χ3v) is 4.51. The number of benzene rings is 1. The average Bonchev–Trinajstić information content (AvgIpc) is 3.04. The van der Waals surface area contributed by atoms with Gasteiger partial charge >= 0.3 is 18.0 Å². The van der Waals surface area contributed by atoms with Crippen molar-refractivity contribution in [2.24, 2.45) is 11.8 Å². The van der Waals surface area contributed by atoms with E-state index in [1.165, 1.54) is 12.0 Å². The minimum absolute atomic E-state index is 0.0564. The van der Waals surface area contributed by atoms with Crippen molar-refractivity contribution in [2.45, 2.75) is 65.6 Å². The quantitative estimate of drug-likeness (QED) is 0.516. The van der Waals surface area contributed by atoms with Gasteiger partial charge in [0.1, 0.15) is 30.0 Å². The summed E-state index contributed by atoms with van der Waals surface area (Å²) in [5, 5.41) is 0. The van der Waals surface area contributed by atoms with Crippen LogP contribution in [-0.2, 0) is 35.1 Å². The molecule has 1 heterocycles. The topological polar surface area (TPSA) is 91.4 Å². The van der Waals surface area contributed by atoms with E-state index in [1.807, 2.05) is 30.3 Å². The summed E-state index contributed by atoms with van der Waals surface area (Å²) < 4.78 is 21.9. The lowest BCUT2D eigenvalue weighted by atomic mass is 9.94. The third-order valence-electron chi connectivity index (χ3n) is 4.51. The normalized spacial score (nSPS) is 21.5. The lowest BCUT2D eigenvalue weighted by Crippen LogP contribution is -2.43. The Hall–Kier alpha value is -2.61. The first-order chi connectivity index (χ1) is 14.3. The fourth-order valence-corrected chi connectivity index (χ4v) is 3.33. The number of amides is 1. The molecule has 1 amide bonds. The summed E-state index contributed by atoms with van der Waals surface area (Å²) in [4.78, 5) is 39.9.